The summed E-state index contributed by atoms with van der Waals surface area (Å²) in [7, 11) is 0. The van der Waals surface area contributed by atoms with Gasteiger partial charge in [0.05, 0.1) is 18.4 Å². The number of hydrogen-bond acceptors (Lipinski definition) is 2. The van der Waals surface area contributed by atoms with E-state index in [1.54, 1.807) is 16.8 Å². The van der Waals surface area contributed by atoms with Crippen LogP contribution in [0, 0.1) is 5.82 Å². The van der Waals surface area contributed by atoms with Crippen molar-refractivity contribution >= 4 is 5.97 Å². The molecule has 1 aromatic heterocycles. The Labute approximate surface area is 110 Å². The Morgan fingerprint density at radius 1 is 1.47 bits per heavy atom. The molecule has 5 heteroatoms. The van der Waals surface area contributed by atoms with E-state index in [0.29, 0.717) is 18.7 Å². The summed E-state index contributed by atoms with van der Waals surface area (Å²) in [4.78, 5) is 11.1. The molecule has 4 nitrogen and oxygen atoms in total. The van der Waals surface area contributed by atoms with E-state index in [-0.39, 0.29) is 11.4 Å². The molecule has 0 unspecified atom stereocenters. The molecule has 1 heterocycles. The van der Waals surface area contributed by atoms with Gasteiger partial charge in [0.1, 0.15) is 11.4 Å². The van der Waals surface area contributed by atoms with Gasteiger partial charge in [0.15, 0.2) is 0 Å². The van der Waals surface area contributed by atoms with Crippen LogP contribution in [0.3, 0.4) is 0 Å². The lowest BCUT2D eigenvalue weighted by atomic mass is 10.1. The Balaban J connectivity index is 2.32. The molecule has 0 bridgehead atoms. The number of aromatic carboxylic acids is 1. The van der Waals surface area contributed by atoms with Crippen molar-refractivity contribution < 1.29 is 14.3 Å². The van der Waals surface area contributed by atoms with E-state index in [9.17, 15) is 9.18 Å². The number of carboxylic acids is 1. The molecule has 0 aliphatic rings. The second-order valence-corrected chi connectivity index (χ2v) is 4.35. The van der Waals surface area contributed by atoms with Gasteiger partial charge in [-0.15, -0.1) is 0 Å². The van der Waals surface area contributed by atoms with Crippen molar-refractivity contribution in [3.05, 3.63) is 53.1 Å². The van der Waals surface area contributed by atoms with Crippen molar-refractivity contribution in [2.24, 2.45) is 0 Å². The van der Waals surface area contributed by atoms with Crippen LogP contribution in [0.5, 0.6) is 0 Å². The van der Waals surface area contributed by atoms with E-state index in [2.05, 4.69) is 5.10 Å². The van der Waals surface area contributed by atoms with Crippen molar-refractivity contribution in [1.29, 1.82) is 0 Å². The summed E-state index contributed by atoms with van der Waals surface area (Å²) in [6, 6.07) is 6.23. The first-order chi connectivity index (χ1) is 9.11. The summed E-state index contributed by atoms with van der Waals surface area (Å²) >= 11 is 0. The summed E-state index contributed by atoms with van der Waals surface area (Å²) in [5.41, 5.74) is 1.66. The zero-order valence-electron chi connectivity index (χ0n) is 10.6. The second kappa shape index (κ2) is 5.65. The molecule has 100 valence electrons. The number of nitrogens with zero attached hydrogens (tertiary/aromatic N) is 2. The van der Waals surface area contributed by atoms with Gasteiger partial charge in [-0.1, -0.05) is 25.5 Å². The lowest BCUT2D eigenvalue weighted by Crippen LogP contribution is -2.09. The highest BCUT2D eigenvalue weighted by molar-refractivity contribution is 5.88. The van der Waals surface area contributed by atoms with Crippen LogP contribution < -0.4 is 0 Å². The average molecular weight is 262 g/mol. The van der Waals surface area contributed by atoms with Gasteiger partial charge in [-0.05, 0) is 24.1 Å². The summed E-state index contributed by atoms with van der Waals surface area (Å²) < 4.78 is 14.8. The molecule has 0 amide bonds. The molecule has 0 saturated carbocycles. The minimum absolute atomic E-state index is 0.221. The Morgan fingerprint density at radius 3 is 2.89 bits per heavy atom. The van der Waals surface area contributed by atoms with Crippen LogP contribution in [0.1, 0.15) is 35.0 Å². The van der Waals surface area contributed by atoms with Crippen molar-refractivity contribution in [3.8, 4) is 0 Å². The van der Waals surface area contributed by atoms with E-state index in [1.807, 2.05) is 6.92 Å². The summed E-state index contributed by atoms with van der Waals surface area (Å²) in [5.74, 6) is -1.28. The zero-order chi connectivity index (χ0) is 13.8. The van der Waals surface area contributed by atoms with E-state index in [1.165, 1.54) is 18.3 Å². The van der Waals surface area contributed by atoms with E-state index in [4.69, 9.17) is 5.11 Å². The average Bonchev–Trinajstić information content (AvgIpc) is 2.73. The molecule has 0 radical (unpaired) electrons. The summed E-state index contributed by atoms with van der Waals surface area (Å²) in [6.07, 6.45) is 2.82. The first-order valence-electron chi connectivity index (χ1n) is 6.14. The summed E-state index contributed by atoms with van der Waals surface area (Å²) in [6.45, 7) is 2.35. The molecule has 1 aromatic carbocycles. The van der Waals surface area contributed by atoms with Crippen LogP contribution in [0.2, 0.25) is 0 Å². The second-order valence-electron chi connectivity index (χ2n) is 4.35. The number of aromatic nitrogens is 2. The Hall–Kier alpha value is -2.17. The fourth-order valence-electron chi connectivity index (χ4n) is 2.03. The van der Waals surface area contributed by atoms with Crippen molar-refractivity contribution in [2.45, 2.75) is 26.3 Å². The minimum atomic E-state index is -0.978. The summed E-state index contributed by atoms with van der Waals surface area (Å²) in [5, 5.41) is 13.2. The predicted octanol–water partition coefficient (Wildman–Crippen LogP) is 2.72. The maximum atomic E-state index is 13.1. The maximum Gasteiger partial charge on any atom is 0.339 e. The molecule has 0 spiro atoms. The monoisotopic (exact) mass is 262 g/mol. The van der Waals surface area contributed by atoms with Gasteiger partial charge in [-0.25, -0.2) is 9.18 Å². The first kappa shape index (κ1) is 13.3. The fourth-order valence-corrected chi connectivity index (χ4v) is 2.03. The molecule has 0 atom stereocenters. The van der Waals surface area contributed by atoms with E-state index in [0.717, 1.165) is 12.0 Å². The normalized spacial score (nSPS) is 10.6. The van der Waals surface area contributed by atoms with Crippen molar-refractivity contribution in [3.63, 3.8) is 0 Å². The van der Waals surface area contributed by atoms with Crippen molar-refractivity contribution in [2.75, 3.05) is 0 Å². The quantitative estimate of drug-likeness (QED) is 0.901. The molecule has 0 aliphatic heterocycles. The first-order valence-corrected chi connectivity index (χ1v) is 6.14. The van der Waals surface area contributed by atoms with E-state index >= 15 is 0 Å². The van der Waals surface area contributed by atoms with Crippen LogP contribution in [0.4, 0.5) is 4.39 Å². The highest BCUT2D eigenvalue weighted by Gasteiger charge is 2.15. The van der Waals surface area contributed by atoms with Crippen LogP contribution in [0.15, 0.2) is 30.5 Å². The molecular formula is C14H15FN2O2. The topological polar surface area (TPSA) is 55.1 Å². The zero-order valence-corrected chi connectivity index (χ0v) is 10.6. The lowest BCUT2D eigenvalue weighted by molar-refractivity contribution is 0.0695. The maximum absolute atomic E-state index is 13.1. The molecule has 0 saturated heterocycles. The molecule has 0 aliphatic carbocycles. The van der Waals surface area contributed by atoms with Gasteiger partial charge in [0.2, 0.25) is 0 Å². The number of carbonyl (C=O) groups is 1. The SMILES string of the molecule is CCCc1c(C(=O)O)cnn1Cc1cccc(F)c1. The lowest BCUT2D eigenvalue weighted by Gasteiger charge is -2.08. The number of benzene rings is 1. The van der Waals surface area contributed by atoms with Gasteiger partial charge in [0.25, 0.3) is 0 Å². The van der Waals surface area contributed by atoms with Gasteiger partial charge in [-0.2, -0.15) is 5.10 Å². The van der Waals surface area contributed by atoms with Crippen LogP contribution in [-0.2, 0) is 13.0 Å². The van der Waals surface area contributed by atoms with Crippen LogP contribution in [-0.4, -0.2) is 20.9 Å². The minimum Gasteiger partial charge on any atom is -0.478 e. The van der Waals surface area contributed by atoms with Gasteiger partial charge >= 0.3 is 5.97 Å². The highest BCUT2D eigenvalue weighted by atomic mass is 19.1. The van der Waals surface area contributed by atoms with Crippen LogP contribution in [0.25, 0.3) is 0 Å². The largest absolute Gasteiger partial charge is 0.478 e. The Morgan fingerprint density at radius 2 is 2.26 bits per heavy atom. The third kappa shape index (κ3) is 2.99. The van der Waals surface area contributed by atoms with E-state index < -0.39 is 5.97 Å². The molecular weight excluding hydrogens is 247 g/mol. The number of carboxylic acid groups (broad SMARTS) is 1. The molecule has 0 fully saturated rings. The molecule has 2 rings (SSSR count). The molecule has 1 N–H and O–H groups in total. The smallest absolute Gasteiger partial charge is 0.339 e. The number of halogens is 1. The molecule has 2 aromatic rings. The number of rotatable bonds is 5. The third-order valence-corrected chi connectivity index (χ3v) is 2.89. The van der Waals surface area contributed by atoms with Gasteiger partial charge < -0.3 is 5.11 Å². The van der Waals surface area contributed by atoms with Crippen LogP contribution >= 0.6 is 0 Å². The highest BCUT2D eigenvalue weighted by Crippen LogP contribution is 2.14. The Kier molecular flexibility index (Phi) is 3.94. The van der Waals surface area contributed by atoms with Gasteiger partial charge in [-0.3, -0.25) is 4.68 Å². The third-order valence-electron chi connectivity index (χ3n) is 2.89. The predicted molar refractivity (Wildman–Crippen MR) is 68.7 cm³/mol. The standard InChI is InChI=1S/C14H15FN2O2/c1-2-4-13-12(14(18)19)8-16-17(13)9-10-5-3-6-11(15)7-10/h3,5-8H,2,4,9H2,1H3,(H,18,19). The van der Waals surface area contributed by atoms with Crippen molar-refractivity contribution in [1.82, 2.24) is 9.78 Å². The van der Waals surface area contributed by atoms with Gasteiger partial charge in [0, 0.05) is 0 Å². The Bertz CT molecular complexity index is 593. The number of hydrogen-bond donors (Lipinski definition) is 1. The fraction of sp³-hybridized carbons (Fsp3) is 0.286. The molecule has 19 heavy (non-hydrogen) atoms.